The highest BCUT2D eigenvalue weighted by molar-refractivity contribution is 5.90. The fourth-order valence-corrected chi connectivity index (χ4v) is 5.17. The zero-order chi connectivity index (χ0) is 25.6. The van der Waals surface area contributed by atoms with E-state index in [-0.39, 0.29) is 24.4 Å². The van der Waals surface area contributed by atoms with E-state index in [1.54, 1.807) is 48.5 Å². The second-order valence-corrected chi connectivity index (χ2v) is 9.35. The Morgan fingerprint density at radius 2 is 1.43 bits per heavy atom. The summed E-state index contributed by atoms with van der Waals surface area (Å²) in [5.41, 5.74) is 2.01. The molecule has 0 amide bonds. The number of carbonyl (C=O) groups is 3. The first-order valence-corrected chi connectivity index (χ1v) is 12.5. The van der Waals surface area contributed by atoms with Crippen molar-refractivity contribution in [1.29, 1.82) is 0 Å². The van der Waals surface area contributed by atoms with E-state index in [0.717, 1.165) is 12.0 Å². The van der Waals surface area contributed by atoms with Gasteiger partial charge in [0.2, 0.25) is 0 Å². The van der Waals surface area contributed by atoms with Gasteiger partial charge in [0.15, 0.2) is 0 Å². The summed E-state index contributed by atoms with van der Waals surface area (Å²) in [7, 11) is 0. The van der Waals surface area contributed by atoms with Gasteiger partial charge in [0, 0.05) is 12.3 Å². The van der Waals surface area contributed by atoms with Gasteiger partial charge in [-0.05, 0) is 48.7 Å². The topological polar surface area (TPSA) is 78.9 Å². The molecule has 1 saturated heterocycles. The monoisotopic (exact) mass is 496 g/mol. The summed E-state index contributed by atoms with van der Waals surface area (Å²) in [6.07, 6.45) is 2.82. The maximum atomic E-state index is 13.1. The predicted octanol–water partition coefficient (Wildman–Crippen LogP) is 5.54. The van der Waals surface area contributed by atoms with Gasteiger partial charge in [-0.25, -0.2) is 9.59 Å². The standard InChI is InChI=1S/C31H28O6/c32-28-19-24-26(35-28)20-27(37-31(34)23-16-8-3-9-17-23)29(24)25(18-10-13-21-11-4-1-5-12-21)36-30(33)22-14-6-2-7-15-22/h1-9,11-12,14-18,24,26-27,29H,10,13,19-20H2/b25-18+/t24-,26-,27+,29-/m0/s1. The number of hydrogen-bond donors (Lipinski definition) is 0. The number of rotatable bonds is 8. The smallest absolute Gasteiger partial charge is 0.343 e. The van der Waals surface area contributed by atoms with Crippen molar-refractivity contribution in [2.45, 2.75) is 37.9 Å². The van der Waals surface area contributed by atoms with Gasteiger partial charge in [0.25, 0.3) is 0 Å². The van der Waals surface area contributed by atoms with Crippen molar-refractivity contribution in [3.8, 4) is 0 Å². The summed E-state index contributed by atoms with van der Waals surface area (Å²) < 4.78 is 17.5. The van der Waals surface area contributed by atoms with Crippen LogP contribution in [0.3, 0.4) is 0 Å². The number of fused-ring (bicyclic) bond motifs is 1. The molecule has 1 aliphatic heterocycles. The molecule has 1 aliphatic carbocycles. The third-order valence-electron chi connectivity index (χ3n) is 6.93. The van der Waals surface area contributed by atoms with Gasteiger partial charge in [-0.1, -0.05) is 66.7 Å². The summed E-state index contributed by atoms with van der Waals surface area (Å²) in [6, 6.07) is 27.5. The van der Waals surface area contributed by atoms with Gasteiger partial charge in [-0.2, -0.15) is 0 Å². The summed E-state index contributed by atoms with van der Waals surface area (Å²) >= 11 is 0. The van der Waals surface area contributed by atoms with Gasteiger partial charge in [0.1, 0.15) is 18.0 Å². The second-order valence-electron chi connectivity index (χ2n) is 9.35. The van der Waals surface area contributed by atoms with Crippen LogP contribution in [0.15, 0.2) is 103 Å². The molecule has 5 rings (SSSR count). The number of esters is 3. The minimum absolute atomic E-state index is 0.188. The molecule has 2 aliphatic rings. The lowest BCUT2D eigenvalue weighted by atomic mass is 9.89. The van der Waals surface area contributed by atoms with E-state index in [0.29, 0.717) is 29.7 Å². The number of carbonyl (C=O) groups excluding carboxylic acids is 3. The molecule has 188 valence electrons. The van der Waals surface area contributed by atoms with Crippen LogP contribution in [0, 0.1) is 11.8 Å². The van der Waals surface area contributed by atoms with Gasteiger partial charge in [-0.15, -0.1) is 0 Å². The third kappa shape index (κ3) is 5.80. The van der Waals surface area contributed by atoms with E-state index in [4.69, 9.17) is 14.2 Å². The number of ether oxygens (including phenoxy) is 3. The zero-order valence-corrected chi connectivity index (χ0v) is 20.3. The minimum Gasteiger partial charge on any atom is -0.462 e. The maximum Gasteiger partial charge on any atom is 0.343 e. The van der Waals surface area contributed by atoms with Gasteiger partial charge in [0.05, 0.1) is 23.5 Å². The molecule has 2 fully saturated rings. The summed E-state index contributed by atoms with van der Waals surface area (Å²) in [5, 5.41) is 0. The summed E-state index contributed by atoms with van der Waals surface area (Å²) in [5.74, 6) is -1.54. The Bertz CT molecular complexity index is 1270. The molecule has 6 heteroatoms. The lowest BCUT2D eigenvalue weighted by Crippen LogP contribution is -2.29. The van der Waals surface area contributed by atoms with E-state index in [1.807, 2.05) is 48.5 Å². The molecule has 3 aromatic carbocycles. The Morgan fingerprint density at radius 1 is 0.838 bits per heavy atom. The van der Waals surface area contributed by atoms with E-state index in [2.05, 4.69) is 0 Å². The molecular formula is C31H28O6. The molecule has 6 nitrogen and oxygen atoms in total. The lowest BCUT2D eigenvalue weighted by molar-refractivity contribution is -0.141. The highest BCUT2D eigenvalue weighted by Gasteiger charge is 2.54. The fraction of sp³-hybridized carbons (Fsp3) is 0.258. The predicted molar refractivity (Wildman–Crippen MR) is 136 cm³/mol. The number of allylic oxidation sites excluding steroid dienone is 1. The van der Waals surface area contributed by atoms with Crippen LogP contribution < -0.4 is 0 Å². The largest absolute Gasteiger partial charge is 0.462 e. The molecule has 0 N–H and O–H groups in total. The van der Waals surface area contributed by atoms with Crippen LogP contribution in [-0.2, 0) is 25.4 Å². The normalized spacial score (nSPS) is 22.7. The molecule has 4 atom stereocenters. The third-order valence-corrected chi connectivity index (χ3v) is 6.93. The van der Waals surface area contributed by atoms with Crippen LogP contribution in [0.1, 0.15) is 45.5 Å². The first-order chi connectivity index (χ1) is 18.1. The molecular weight excluding hydrogens is 468 g/mol. The Morgan fingerprint density at radius 3 is 2.08 bits per heavy atom. The highest BCUT2D eigenvalue weighted by Crippen LogP contribution is 2.47. The Balaban J connectivity index is 1.43. The molecule has 0 spiro atoms. The fourth-order valence-electron chi connectivity index (χ4n) is 5.17. The van der Waals surface area contributed by atoms with Crippen molar-refractivity contribution >= 4 is 17.9 Å². The second kappa shape index (κ2) is 11.2. The van der Waals surface area contributed by atoms with Crippen LogP contribution in [0.2, 0.25) is 0 Å². The SMILES string of the molecule is O=C1C[C@@H]2[C@@H](/C(=C\CCc3ccccc3)OC(=O)c3ccccc3)[C@H](OC(=O)c3ccccc3)C[C@@H]2O1. The zero-order valence-electron chi connectivity index (χ0n) is 20.3. The Hall–Kier alpha value is -4.19. The molecule has 0 unspecified atom stereocenters. The van der Waals surface area contributed by atoms with E-state index >= 15 is 0 Å². The van der Waals surface area contributed by atoms with Crippen molar-refractivity contribution in [1.82, 2.24) is 0 Å². The molecule has 1 heterocycles. The maximum absolute atomic E-state index is 13.1. The Labute approximate surface area is 215 Å². The molecule has 37 heavy (non-hydrogen) atoms. The van der Waals surface area contributed by atoms with Crippen LogP contribution in [0.5, 0.6) is 0 Å². The average molecular weight is 497 g/mol. The van der Waals surface area contributed by atoms with Crippen molar-refractivity contribution in [3.05, 3.63) is 120 Å². The van der Waals surface area contributed by atoms with Gasteiger partial charge < -0.3 is 14.2 Å². The van der Waals surface area contributed by atoms with Crippen molar-refractivity contribution in [3.63, 3.8) is 0 Å². The van der Waals surface area contributed by atoms with E-state index in [9.17, 15) is 14.4 Å². The lowest BCUT2D eigenvalue weighted by Gasteiger charge is -2.25. The van der Waals surface area contributed by atoms with Crippen molar-refractivity contribution in [2.75, 3.05) is 0 Å². The number of benzene rings is 3. The van der Waals surface area contributed by atoms with Crippen LogP contribution >= 0.6 is 0 Å². The van der Waals surface area contributed by atoms with Crippen LogP contribution in [-0.4, -0.2) is 30.1 Å². The quantitative estimate of drug-likeness (QED) is 0.232. The van der Waals surface area contributed by atoms with Crippen LogP contribution in [0.4, 0.5) is 0 Å². The number of hydrogen-bond acceptors (Lipinski definition) is 6. The summed E-state index contributed by atoms with van der Waals surface area (Å²) in [4.78, 5) is 38.2. The van der Waals surface area contributed by atoms with Gasteiger partial charge >= 0.3 is 17.9 Å². The summed E-state index contributed by atoms with van der Waals surface area (Å²) in [6.45, 7) is 0. The molecule has 3 aromatic rings. The Kier molecular flexibility index (Phi) is 7.45. The van der Waals surface area contributed by atoms with Crippen molar-refractivity contribution in [2.24, 2.45) is 11.8 Å². The van der Waals surface area contributed by atoms with Gasteiger partial charge in [-0.3, -0.25) is 4.79 Å². The number of aryl methyl sites for hydroxylation is 1. The van der Waals surface area contributed by atoms with Crippen LogP contribution in [0.25, 0.3) is 0 Å². The molecule has 0 radical (unpaired) electrons. The van der Waals surface area contributed by atoms with E-state index < -0.39 is 24.0 Å². The first-order valence-electron chi connectivity index (χ1n) is 12.5. The average Bonchev–Trinajstić information content (AvgIpc) is 3.44. The molecule has 0 bridgehead atoms. The molecule has 0 aromatic heterocycles. The molecule has 1 saturated carbocycles. The first kappa shape index (κ1) is 24.5. The minimum atomic E-state index is -0.595. The van der Waals surface area contributed by atoms with E-state index in [1.165, 1.54) is 0 Å². The highest BCUT2D eigenvalue weighted by atomic mass is 16.6. The van der Waals surface area contributed by atoms with Crippen molar-refractivity contribution < 1.29 is 28.6 Å².